The molecule has 1 aliphatic heterocycles. The summed E-state index contributed by atoms with van der Waals surface area (Å²) in [7, 11) is -3.76. The highest BCUT2D eigenvalue weighted by Gasteiger charge is 2.32. The molecule has 1 amide bonds. The molecule has 4 rings (SSSR count). The molecule has 1 aromatic heterocycles. The number of nitrogens with zero attached hydrogens (tertiary/aromatic N) is 2. The molecule has 0 aliphatic carbocycles. The summed E-state index contributed by atoms with van der Waals surface area (Å²) in [6, 6.07) is 11.8. The van der Waals surface area contributed by atoms with E-state index in [1.165, 1.54) is 39.9 Å². The van der Waals surface area contributed by atoms with Gasteiger partial charge in [0.1, 0.15) is 5.82 Å². The zero-order chi connectivity index (χ0) is 22.9. The molecule has 0 spiro atoms. The number of aromatic nitrogens is 1. The second-order valence-corrected chi connectivity index (χ2v) is 10.4. The third-order valence-corrected chi connectivity index (χ3v) is 7.57. The molecule has 1 fully saturated rings. The molecule has 1 saturated heterocycles. The van der Waals surface area contributed by atoms with Gasteiger partial charge in [-0.15, -0.1) is 11.3 Å². The van der Waals surface area contributed by atoms with Gasteiger partial charge in [-0.1, -0.05) is 6.07 Å². The van der Waals surface area contributed by atoms with E-state index in [2.05, 4.69) is 10.3 Å². The summed E-state index contributed by atoms with van der Waals surface area (Å²) in [5, 5.41) is 4.81. The van der Waals surface area contributed by atoms with Crippen LogP contribution in [0.25, 0.3) is 11.3 Å². The molecule has 168 valence electrons. The number of anilines is 1. The second kappa shape index (κ2) is 9.07. The van der Waals surface area contributed by atoms with Gasteiger partial charge in [0.2, 0.25) is 10.0 Å². The molecule has 0 saturated carbocycles. The molecule has 0 radical (unpaired) electrons. The second-order valence-electron chi connectivity index (χ2n) is 7.61. The lowest BCUT2D eigenvalue weighted by Crippen LogP contribution is -2.48. The van der Waals surface area contributed by atoms with E-state index in [1.54, 1.807) is 29.6 Å². The van der Waals surface area contributed by atoms with E-state index in [9.17, 15) is 17.6 Å². The maximum absolute atomic E-state index is 13.1. The number of halogens is 1. The number of hydrogen-bond acceptors (Lipinski definition) is 6. The van der Waals surface area contributed by atoms with Crippen LogP contribution in [-0.4, -0.2) is 48.9 Å². The summed E-state index contributed by atoms with van der Waals surface area (Å²) in [6.07, 6.45) is -0.416. The number of hydrogen-bond donors (Lipinski definition) is 1. The molecule has 2 heterocycles. The van der Waals surface area contributed by atoms with Crippen LogP contribution in [0.2, 0.25) is 0 Å². The summed E-state index contributed by atoms with van der Waals surface area (Å²) in [6.45, 7) is 4.18. The number of carbonyl (C=O) groups is 1. The Hall–Kier alpha value is -2.66. The first-order chi connectivity index (χ1) is 15.2. The predicted molar refractivity (Wildman–Crippen MR) is 121 cm³/mol. The van der Waals surface area contributed by atoms with E-state index in [4.69, 9.17) is 4.74 Å². The smallest absolute Gasteiger partial charge is 0.257 e. The lowest BCUT2D eigenvalue weighted by Gasteiger charge is -2.34. The molecule has 7 nitrogen and oxygen atoms in total. The first kappa shape index (κ1) is 22.5. The van der Waals surface area contributed by atoms with Crippen molar-refractivity contribution in [3.63, 3.8) is 0 Å². The summed E-state index contributed by atoms with van der Waals surface area (Å²) < 4.78 is 46.3. The number of sulfonamides is 1. The molecule has 32 heavy (non-hydrogen) atoms. The standard InChI is InChI=1S/C22H22FN3O4S2/c1-14-11-26(12-15(2)30-14)32(28,29)19-5-3-4-17(10-19)21(27)25-22-24-20(13-31-22)16-6-8-18(23)9-7-16/h3-10,13-15H,11-12H2,1-2H3,(H,24,25,27). The Morgan fingerprint density at radius 2 is 1.84 bits per heavy atom. The van der Waals surface area contributed by atoms with Crippen molar-refractivity contribution in [2.45, 2.75) is 31.0 Å². The molecule has 1 N–H and O–H groups in total. The van der Waals surface area contributed by atoms with Crippen molar-refractivity contribution in [1.82, 2.24) is 9.29 Å². The van der Waals surface area contributed by atoms with Crippen LogP contribution in [-0.2, 0) is 14.8 Å². The third kappa shape index (κ3) is 4.88. The number of carbonyl (C=O) groups excluding carboxylic acids is 1. The highest BCUT2D eigenvalue weighted by Crippen LogP contribution is 2.26. The van der Waals surface area contributed by atoms with E-state index in [-0.39, 0.29) is 41.6 Å². The van der Waals surface area contributed by atoms with Gasteiger partial charge in [-0.2, -0.15) is 4.31 Å². The van der Waals surface area contributed by atoms with Crippen molar-refractivity contribution in [3.8, 4) is 11.3 Å². The Morgan fingerprint density at radius 3 is 2.53 bits per heavy atom. The monoisotopic (exact) mass is 475 g/mol. The van der Waals surface area contributed by atoms with Crippen molar-refractivity contribution >= 4 is 32.4 Å². The van der Waals surface area contributed by atoms with Gasteiger partial charge in [-0.25, -0.2) is 17.8 Å². The molecule has 0 bridgehead atoms. The van der Waals surface area contributed by atoms with E-state index < -0.39 is 15.9 Å². The van der Waals surface area contributed by atoms with E-state index in [0.717, 1.165) is 5.56 Å². The van der Waals surface area contributed by atoms with Crippen LogP contribution in [0, 0.1) is 5.82 Å². The summed E-state index contributed by atoms with van der Waals surface area (Å²) >= 11 is 1.23. The average Bonchev–Trinajstić information content (AvgIpc) is 3.22. The van der Waals surface area contributed by atoms with Crippen LogP contribution < -0.4 is 5.32 Å². The fourth-order valence-electron chi connectivity index (χ4n) is 3.53. The molecule has 3 aromatic rings. The Morgan fingerprint density at radius 1 is 1.16 bits per heavy atom. The normalized spacial score (nSPS) is 19.6. The lowest BCUT2D eigenvalue weighted by molar-refractivity contribution is -0.0440. The quantitative estimate of drug-likeness (QED) is 0.603. The van der Waals surface area contributed by atoms with Crippen LogP contribution in [0.3, 0.4) is 0 Å². The van der Waals surface area contributed by atoms with E-state index in [1.807, 2.05) is 13.8 Å². The van der Waals surface area contributed by atoms with Crippen molar-refractivity contribution in [2.24, 2.45) is 0 Å². The number of morpholine rings is 1. The Labute approximate surface area is 189 Å². The van der Waals surface area contributed by atoms with Crippen molar-refractivity contribution in [1.29, 1.82) is 0 Å². The van der Waals surface area contributed by atoms with Crippen molar-refractivity contribution in [3.05, 3.63) is 65.3 Å². The Bertz CT molecular complexity index is 1220. The number of nitrogens with one attached hydrogen (secondary N) is 1. The number of thiazole rings is 1. The molecular weight excluding hydrogens is 453 g/mol. The zero-order valence-corrected chi connectivity index (χ0v) is 19.1. The summed E-state index contributed by atoms with van der Waals surface area (Å²) in [5.41, 5.74) is 1.54. The lowest BCUT2D eigenvalue weighted by atomic mass is 10.2. The number of ether oxygens (including phenoxy) is 1. The van der Waals surface area contributed by atoms with Gasteiger partial charge in [-0.3, -0.25) is 10.1 Å². The van der Waals surface area contributed by atoms with Crippen LogP contribution in [0.4, 0.5) is 9.52 Å². The first-order valence-electron chi connectivity index (χ1n) is 10.0. The van der Waals surface area contributed by atoms with Crippen LogP contribution in [0.15, 0.2) is 58.8 Å². The van der Waals surface area contributed by atoms with Crippen LogP contribution in [0.1, 0.15) is 24.2 Å². The maximum Gasteiger partial charge on any atom is 0.257 e. The SMILES string of the molecule is CC1CN(S(=O)(=O)c2cccc(C(=O)Nc3nc(-c4ccc(F)cc4)cs3)c2)CC(C)O1. The first-order valence-corrected chi connectivity index (χ1v) is 12.3. The number of benzene rings is 2. The van der Waals surface area contributed by atoms with Gasteiger partial charge in [0.05, 0.1) is 22.8 Å². The summed E-state index contributed by atoms with van der Waals surface area (Å²) in [5.74, 6) is -0.806. The number of rotatable bonds is 5. The molecule has 2 aromatic carbocycles. The summed E-state index contributed by atoms with van der Waals surface area (Å²) in [4.78, 5) is 17.2. The molecule has 1 aliphatic rings. The number of amides is 1. The molecule has 2 unspecified atom stereocenters. The van der Waals surface area contributed by atoms with Crippen LogP contribution >= 0.6 is 11.3 Å². The Kier molecular flexibility index (Phi) is 6.38. The van der Waals surface area contributed by atoms with Gasteiger partial charge < -0.3 is 4.74 Å². The van der Waals surface area contributed by atoms with Gasteiger partial charge in [0.25, 0.3) is 5.91 Å². The minimum atomic E-state index is -3.76. The minimum Gasteiger partial charge on any atom is -0.373 e. The van der Waals surface area contributed by atoms with Gasteiger partial charge >= 0.3 is 0 Å². The molecule has 10 heteroatoms. The van der Waals surface area contributed by atoms with Gasteiger partial charge in [0, 0.05) is 29.6 Å². The molecule has 2 atom stereocenters. The predicted octanol–water partition coefficient (Wildman–Crippen LogP) is 4.00. The van der Waals surface area contributed by atoms with Crippen molar-refractivity contribution < 1.29 is 22.3 Å². The fourth-order valence-corrected chi connectivity index (χ4v) is 5.88. The highest BCUT2D eigenvalue weighted by atomic mass is 32.2. The maximum atomic E-state index is 13.1. The van der Waals surface area contributed by atoms with E-state index >= 15 is 0 Å². The Balaban J connectivity index is 1.51. The van der Waals surface area contributed by atoms with E-state index in [0.29, 0.717) is 10.8 Å². The molecular formula is C22H22FN3O4S2. The highest BCUT2D eigenvalue weighted by molar-refractivity contribution is 7.89. The fraction of sp³-hybridized carbons (Fsp3) is 0.273. The topological polar surface area (TPSA) is 88.6 Å². The van der Waals surface area contributed by atoms with Crippen LogP contribution in [0.5, 0.6) is 0 Å². The zero-order valence-electron chi connectivity index (χ0n) is 17.5. The van der Waals surface area contributed by atoms with Gasteiger partial charge in [-0.05, 0) is 56.3 Å². The van der Waals surface area contributed by atoms with Crippen molar-refractivity contribution in [2.75, 3.05) is 18.4 Å². The minimum absolute atomic E-state index is 0.0533. The largest absolute Gasteiger partial charge is 0.373 e. The third-order valence-electron chi connectivity index (χ3n) is 4.98. The average molecular weight is 476 g/mol. The van der Waals surface area contributed by atoms with Gasteiger partial charge in [0.15, 0.2) is 5.13 Å².